The summed E-state index contributed by atoms with van der Waals surface area (Å²) in [5.74, 6) is 0. The lowest BCUT2D eigenvalue weighted by molar-refractivity contribution is 0.855. The average molecular weight is 82.1 g/mol. The molecule has 6 heavy (non-hydrogen) atoms. The number of hydrogen-bond acceptors (Lipinski definition) is 4. The maximum atomic E-state index is 3.60. The lowest BCUT2D eigenvalue weighted by Crippen LogP contribution is -1.92. The van der Waals surface area contributed by atoms with Gasteiger partial charge in [-0.2, -0.15) is 20.5 Å². The Balaban J connectivity index is 1.97. The van der Waals surface area contributed by atoms with E-state index in [9.17, 15) is 0 Å². The highest BCUT2D eigenvalue weighted by molar-refractivity contribution is 4.88. The van der Waals surface area contributed by atoms with Crippen LogP contribution in [0.2, 0.25) is 0 Å². The Morgan fingerprint density at radius 2 is 1.00 bits per heavy atom. The Morgan fingerprint density at radius 1 is 0.667 bits per heavy atom. The van der Waals surface area contributed by atoms with Crippen LogP contribution in [0.25, 0.3) is 0 Å². The Kier molecular flexibility index (Phi) is 0.202. The Labute approximate surface area is 34.0 Å². The van der Waals surface area contributed by atoms with Gasteiger partial charge in [-0.1, -0.05) is 0 Å². The Bertz CT molecular complexity index is 97.5. The third kappa shape index (κ3) is 0.183. The van der Waals surface area contributed by atoms with Crippen LogP contribution in [0.15, 0.2) is 20.5 Å². The molecule has 0 fully saturated rings. The predicted molar refractivity (Wildman–Crippen MR) is 17.3 cm³/mol. The zero-order valence-corrected chi connectivity index (χ0v) is 2.94. The predicted octanol–water partition coefficient (Wildman–Crippen LogP) is 0.570. The molecule has 0 N–H and O–H groups in total. The number of hydrogen-bond donors (Lipinski definition) is 0. The summed E-state index contributed by atoms with van der Waals surface area (Å²) in [5.41, 5.74) is 0. The summed E-state index contributed by atoms with van der Waals surface area (Å²) >= 11 is 0. The molecule has 0 aromatic heterocycles. The van der Waals surface area contributed by atoms with Crippen molar-refractivity contribution in [3.8, 4) is 0 Å². The highest BCUT2D eigenvalue weighted by Gasteiger charge is 2.34. The maximum Gasteiger partial charge on any atom is 0.226 e. The molecule has 0 saturated heterocycles. The van der Waals surface area contributed by atoms with Gasteiger partial charge in [-0.15, -0.1) is 0 Å². The molecule has 2 heterocycles. The van der Waals surface area contributed by atoms with E-state index in [0.29, 0.717) is 0 Å². The molecule has 0 amide bonds. The van der Waals surface area contributed by atoms with Crippen LogP contribution in [-0.2, 0) is 0 Å². The van der Waals surface area contributed by atoms with Gasteiger partial charge in [0.25, 0.3) is 0 Å². The molecular weight excluding hydrogens is 80.1 g/mol. The molecular formula is C2H2N4. The van der Waals surface area contributed by atoms with Crippen molar-refractivity contribution in [2.45, 2.75) is 12.3 Å². The molecule has 2 aliphatic rings. The van der Waals surface area contributed by atoms with Gasteiger partial charge in [0.15, 0.2) is 0 Å². The Hall–Kier alpha value is -0.800. The van der Waals surface area contributed by atoms with Crippen molar-refractivity contribution in [3.05, 3.63) is 0 Å². The number of nitrogens with zero attached hydrogens (tertiary/aromatic N) is 4. The lowest BCUT2D eigenvalue weighted by atomic mass is 10.5. The quantitative estimate of drug-likeness (QED) is 0.444. The van der Waals surface area contributed by atoms with Crippen molar-refractivity contribution in [1.29, 1.82) is 0 Å². The van der Waals surface area contributed by atoms with Gasteiger partial charge in [0.2, 0.25) is 12.3 Å². The fraction of sp³-hybridized carbons (Fsp3) is 1.00. The molecule has 0 bridgehead atoms. The van der Waals surface area contributed by atoms with Gasteiger partial charge in [0, 0.05) is 0 Å². The van der Waals surface area contributed by atoms with Gasteiger partial charge in [-0.25, -0.2) is 0 Å². The summed E-state index contributed by atoms with van der Waals surface area (Å²) in [4.78, 5) is 0. The maximum absolute atomic E-state index is 3.60. The molecule has 2 aliphatic heterocycles. The molecule has 2 rings (SSSR count). The van der Waals surface area contributed by atoms with Crippen LogP contribution >= 0.6 is 0 Å². The molecule has 0 spiro atoms. The van der Waals surface area contributed by atoms with Crippen LogP contribution in [0, 0.1) is 0 Å². The molecule has 30 valence electrons. The van der Waals surface area contributed by atoms with Crippen LogP contribution in [0.4, 0.5) is 0 Å². The van der Waals surface area contributed by atoms with Gasteiger partial charge in [0.1, 0.15) is 0 Å². The molecule has 0 atom stereocenters. The number of rotatable bonds is 1. The highest BCUT2D eigenvalue weighted by Crippen LogP contribution is 2.26. The minimum absolute atomic E-state index is 0.130. The van der Waals surface area contributed by atoms with Crippen molar-refractivity contribution >= 4 is 0 Å². The van der Waals surface area contributed by atoms with E-state index in [4.69, 9.17) is 0 Å². The smallest absolute Gasteiger partial charge is 0.158 e. The lowest BCUT2D eigenvalue weighted by Gasteiger charge is -1.67. The average Bonchev–Trinajstić information content (AvgIpc) is 2.26. The minimum atomic E-state index is 0.130. The van der Waals surface area contributed by atoms with E-state index >= 15 is 0 Å². The summed E-state index contributed by atoms with van der Waals surface area (Å²) in [6.45, 7) is 0. The molecule has 0 saturated carbocycles. The fourth-order valence-corrected chi connectivity index (χ4v) is 0.315. The minimum Gasteiger partial charge on any atom is -0.158 e. The molecule has 0 unspecified atom stereocenters. The summed E-state index contributed by atoms with van der Waals surface area (Å²) in [7, 11) is 0. The van der Waals surface area contributed by atoms with E-state index in [1.165, 1.54) is 0 Å². The van der Waals surface area contributed by atoms with E-state index in [0.717, 1.165) is 0 Å². The molecule has 0 aliphatic carbocycles. The molecule has 0 aromatic carbocycles. The van der Waals surface area contributed by atoms with E-state index < -0.39 is 0 Å². The van der Waals surface area contributed by atoms with E-state index in [-0.39, 0.29) is 12.3 Å². The van der Waals surface area contributed by atoms with Crippen molar-refractivity contribution in [3.63, 3.8) is 0 Å². The van der Waals surface area contributed by atoms with Crippen LogP contribution < -0.4 is 0 Å². The standard InChI is InChI=1S/C2H2N4/c3-1(4-3)2-5-6-2/h1-2H. The normalized spacial score (nSPS) is 28.7. The van der Waals surface area contributed by atoms with E-state index in [1.54, 1.807) is 0 Å². The highest BCUT2D eigenvalue weighted by atomic mass is 15.5. The second-order valence-electron chi connectivity index (χ2n) is 1.29. The van der Waals surface area contributed by atoms with Crippen LogP contribution in [0.1, 0.15) is 0 Å². The summed E-state index contributed by atoms with van der Waals surface area (Å²) in [6, 6.07) is 0. The topological polar surface area (TPSA) is 49.4 Å². The summed E-state index contributed by atoms with van der Waals surface area (Å²) < 4.78 is 0. The SMILES string of the molecule is N1=NC1C1N=N1. The monoisotopic (exact) mass is 82.0 g/mol. The second-order valence-corrected chi connectivity index (χ2v) is 1.29. The second kappa shape index (κ2) is 0.508. The van der Waals surface area contributed by atoms with Crippen molar-refractivity contribution in [2.24, 2.45) is 20.5 Å². The van der Waals surface area contributed by atoms with Gasteiger partial charge >= 0.3 is 0 Å². The largest absolute Gasteiger partial charge is 0.226 e. The zero-order valence-electron chi connectivity index (χ0n) is 2.94. The van der Waals surface area contributed by atoms with Crippen LogP contribution in [0.3, 0.4) is 0 Å². The van der Waals surface area contributed by atoms with E-state index in [2.05, 4.69) is 20.5 Å². The molecule has 0 aromatic rings. The van der Waals surface area contributed by atoms with Crippen molar-refractivity contribution in [1.82, 2.24) is 0 Å². The first kappa shape index (κ1) is 2.39. The third-order valence-electron chi connectivity index (χ3n) is 0.764. The Morgan fingerprint density at radius 3 is 1.17 bits per heavy atom. The van der Waals surface area contributed by atoms with Gasteiger partial charge in [0.05, 0.1) is 0 Å². The molecule has 4 nitrogen and oxygen atoms in total. The third-order valence-corrected chi connectivity index (χ3v) is 0.764. The van der Waals surface area contributed by atoms with Crippen LogP contribution in [0.5, 0.6) is 0 Å². The van der Waals surface area contributed by atoms with Crippen LogP contribution in [-0.4, -0.2) is 12.3 Å². The van der Waals surface area contributed by atoms with Crippen molar-refractivity contribution < 1.29 is 0 Å². The zero-order chi connectivity index (χ0) is 3.98. The van der Waals surface area contributed by atoms with Gasteiger partial charge < -0.3 is 0 Å². The van der Waals surface area contributed by atoms with Gasteiger partial charge in [-0.3, -0.25) is 0 Å². The first-order valence-corrected chi connectivity index (χ1v) is 1.77. The first-order chi connectivity index (χ1) is 2.97. The molecule has 4 heteroatoms. The van der Waals surface area contributed by atoms with E-state index in [1.807, 2.05) is 0 Å². The summed E-state index contributed by atoms with van der Waals surface area (Å²) in [5, 5.41) is 14.4. The van der Waals surface area contributed by atoms with Crippen molar-refractivity contribution in [2.75, 3.05) is 0 Å². The molecule has 0 radical (unpaired) electrons. The van der Waals surface area contributed by atoms with Gasteiger partial charge in [-0.05, 0) is 0 Å². The summed E-state index contributed by atoms with van der Waals surface area (Å²) in [6.07, 6.45) is 0.259. The first-order valence-electron chi connectivity index (χ1n) is 1.77. The fourth-order valence-electron chi connectivity index (χ4n) is 0.315.